The predicted molar refractivity (Wildman–Crippen MR) is 56.7 cm³/mol. The Labute approximate surface area is 95.1 Å². The van der Waals surface area contributed by atoms with Crippen molar-refractivity contribution < 1.29 is 8.78 Å². The molecule has 6 heteroatoms. The maximum atomic E-state index is 12.9. The van der Waals surface area contributed by atoms with Gasteiger partial charge in [0.05, 0.1) is 0 Å². The van der Waals surface area contributed by atoms with Crippen LogP contribution in [0, 0.1) is 11.6 Å². The van der Waals surface area contributed by atoms with Crippen molar-refractivity contribution in [3.63, 3.8) is 0 Å². The summed E-state index contributed by atoms with van der Waals surface area (Å²) in [5, 5.41) is 2.96. The van der Waals surface area contributed by atoms with Crippen molar-refractivity contribution in [3.8, 4) is 0 Å². The quantitative estimate of drug-likeness (QED) is 0.821. The van der Waals surface area contributed by atoms with Gasteiger partial charge in [0.1, 0.15) is 5.15 Å². The molecule has 2 rings (SSSR count). The van der Waals surface area contributed by atoms with E-state index in [1.54, 1.807) is 0 Å². The van der Waals surface area contributed by atoms with Gasteiger partial charge >= 0.3 is 0 Å². The second kappa shape index (κ2) is 4.40. The van der Waals surface area contributed by atoms with E-state index in [2.05, 4.69) is 15.3 Å². The number of halogens is 3. The van der Waals surface area contributed by atoms with Gasteiger partial charge in [-0.15, -0.1) is 0 Å². The SMILES string of the molecule is Fc1ccc(Nc2nccc(Cl)n2)cc1F. The van der Waals surface area contributed by atoms with Crippen molar-refractivity contribution in [2.75, 3.05) is 5.32 Å². The second-order valence-corrected chi connectivity index (χ2v) is 3.34. The van der Waals surface area contributed by atoms with E-state index in [1.807, 2.05) is 0 Å². The van der Waals surface area contributed by atoms with Gasteiger partial charge in [-0.3, -0.25) is 0 Å². The molecule has 0 saturated carbocycles. The molecular formula is C10H6ClF2N3. The van der Waals surface area contributed by atoms with E-state index in [1.165, 1.54) is 18.3 Å². The molecular weight excluding hydrogens is 236 g/mol. The minimum atomic E-state index is -0.938. The summed E-state index contributed by atoms with van der Waals surface area (Å²) in [7, 11) is 0. The van der Waals surface area contributed by atoms with Crippen LogP contribution in [0.2, 0.25) is 5.15 Å². The average Bonchev–Trinajstić information content (AvgIpc) is 2.24. The molecule has 0 aliphatic heterocycles. The van der Waals surface area contributed by atoms with Crippen LogP contribution in [0.4, 0.5) is 20.4 Å². The van der Waals surface area contributed by atoms with Crippen LogP contribution in [-0.4, -0.2) is 9.97 Å². The predicted octanol–water partition coefficient (Wildman–Crippen LogP) is 3.15. The molecule has 1 aromatic heterocycles. The molecule has 82 valence electrons. The first-order valence-corrected chi connectivity index (χ1v) is 4.73. The van der Waals surface area contributed by atoms with Crippen molar-refractivity contribution in [2.24, 2.45) is 0 Å². The van der Waals surface area contributed by atoms with Gasteiger partial charge in [0, 0.05) is 18.0 Å². The summed E-state index contributed by atoms with van der Waals surface area (Å²) in [4.78, 5) is 7.71. The molecule has 0 spiro atoms. The van der Waals surface area contributed by atoms with E-state index in [9.17, 15) is 8.78 Å². The number of rotatable bonds is 2. The van der Waals surface area contributed by atoms with Crippen LogP contribution in [0.1, 0.15) is 0 Å². The fourth-order valence-electron chi connectivity index (χ4n) is 1.10. The molecule has 0 aliphatic rings. The number of anilines is 2. The van der Waals surface area contributed by atoms with Crippen LogP contribution in [0.25, 0.3) is 0 Å². The zero-order valence-corrected chi connectivity index (χ0v) is 8.67. The average molecular weight is 242 g/mol. The van der Waals surface area contributed by atoms with E-state index >= 15 is 0 Å². The number of benzene rings is 1. The summed E-state index contributed by atoms with van der Waals surface area (Å²) in [5.41, 5.74) is 0.348. The van der Waals surface area contributed by atoms with Crippen LogP contribution in [0.15, 0.2) is 30.5 Å². The lowest BCUT2D eigenvalue weighted by Gasteiger charge is -2.04. The zero-order valence-electron chi connectivity index (χ0n) is 7.92. The lowest BCUT2D eigenvalue weighted by molar-refractivity contribution is 0.509. The second-order valence-electron chi connectivity index (χ2n) is 2.96. The standard InChI is InChI=1S/C10H6ClF2N3/c11-9-3-4-14-10(16-9)15-6-1-2-7(12)8(13)5-6/h1-5H,(H,14,15,16). The third-order valence-electron chi connectivity index (χ3n) is 1.80. The number of hydrogen-bond donors (Lipinski definition) is 1. The Kier molecular flexibility index (Phi) is 2.96. The van der Waals surface area contributed by atoms with Crippen molar-refractivity contribution in [3.05, 3.63) is 47.2 Å². The largest absolute Gasteiger partial charge is 0.324 e. The number of nitrogens with zero attached hydrogens (tertiary/aromatic N) is 2. The topological polar surface area (TPSA) is 37.8 Å². The maximum absolute atomic E-state index is 12.9. The summed E-state index contributed by atoms with van der Waals surface area (Å²) in [6, 6.07) is 4.92. The molecule has 0 bridgehead atoms. The Balaban J connectivity index is 2.24. The minimum absolute atomic E-state index is 0.221. The van der Waals surface area contributed by atoms with Gasteiger partial charge in [-0.2, -0.15) is 0 Å². The van der Waals surface area contributed by atoms with E-state index in [4.69, 9.17) is 11.6 Å². The van der Waals surface area contributed by atoms with E-state index < -0.39 is 11.6 Å². The fourth-order valence-corrected chi connectivity index (χ4v) is 1.24. The van der Waals surface area contributed by atoms with Crippen molar-refractivity contribution in [1.29, 1.82) is 0 Å². The van der Waals surface area contributed by atoms with Crippen LogP contribution < -0.4 is 5.32 Å². The molecule has 0 fully saturated rings. The highest BCUT2D eigenvalue weighted by Crippen LogP contribution is 2.17. The number of hydrogen-bond acceptors (Lipinski definition) is 3. The summed E-state index contributed by atoms with van der Waals surface area (Å²) >= 11 is 5.64. The first-order valence-electron chi connectivity index (χ1n) is 4.36. The first-order chi connectivity index (χ1) is 7.65. The highest BCUT2D eigenvalue weighted by Gasteiger charge is 2.03. The maximum Gasteiger partial charge on any atom is 0.228 e. The zero-order chi connectivity index (χ0) is 11.5. The molecule has 0 saturated heterocycles. The Hall–Kier alpha value is -1.75. The summed E-state index contributed by atoms with van der Waals surface area (Å²) < 4.78 is 25.5. The smallest absolute Gasteiger partial charge is 0.228 e. The normalized spacial score (nSPS) is 10.2. The van der Waals surface area contributed by atoms with Crippen molar-refractivity contribution in [1.82, 2.24) is 9.97 Å². The summed E-state index contributed by atoms with van der Waals surface area (Å²) in [6.07, 6.45) is 1.46. The fraction of sp³-hybridized carbons (Fsp3) is 0. The van der Waals surface area contributed by atoms with Gasteiger partial charge < -0.3 is 5.32 Å². The van der Waals surface area contributed by atoms with Crippen LogP contribution >= 0.6 is 11.6 Å². The molecule has 0 atom stereocenters. The summed E-state index contributed by atoms with van der Waals surface area (Å²) in [6.45, 7) is 0. The van der Waals surface area contributed by atoms with Gasteiger partial charge in [-0.25, -0.2) is 18.7 Å². The van der Waals surface area contributed by atoms with E-state index in [-0.39, 0.29) is 11.1 Å². The molecule has 0 aliphatic carbocycles. The van der Waals surface area contributed by atoms with Crippen molar-refractivity contribution in [2.45, 2.75) is 0 Å². The molecule has 2 aromatic rings. The molecule has 0 unspecified atom stereocenters. The van der Waals surface area contributed by atoms with Crippen LogP contribution in [-0.2, 0) is 0 Å². The number of nitrogens with one attached hydrogen (secondary N) is 1. The molecule has 1 heterocycles. The minimum Gasteiger partial charge on any atom is -0.324 e. The molecule has 1 N–H and O–H groups in total. The lowest BCUT2D eigenvalue weighted by atomic mass is 10.3. The lowest BCUT2D eigenvalue weighted by Crippen LogP contribution is -1.97. The Bertz CT molecular complexity index is 519. The Morgan fingerprint density at radius 3 is 2.62 bits per heavy atom. The van der Waals surface area contributed by atoms with Crippen molar-refractivity contribution >= 4 is 23.2 Å². The highest BCUT2D eigenvalue weighted by molar-refractivity contribution is 6.29. The summed E-state index contributed by atoms with van der Waals surface area (Å²) in [5.74, 6) is -1.62. The highest BCUT2D eigenvalue weighted by atomic mass is 35.5. The Morgan fingerprint density at radius 1 is 1.12 bits per heavy atom. The molecule has 0 amide bonds. The third-order valence-corrected chi connectivity index (χ3v) is 2.01. The van der Waals surface area contributed by atoms with Gasteiger partial charge in [0.15, 0.2) is 11.6 Å². The van der Waals surface area contributed by atoms with E-state index in [0.29, 0.717) is 5.69 Å². The van der Waals surface area contributed by atoms with Gasteiger partial charge in [0.2, 0.25) is 5.95 Å². The number of aromatic nitrogens is 2. The molecule has 1 aromatic carbocycles. The van der Waals surface area contributed by atoms with Crippen LogP contribution in [0.5, 0.6) is 0 Å². The van der Waals surface area contributed by atoms with E-state index in [0.717, 1.165) is 12.1 Å². The first kappa shape index (κ1) is 10.8. The molecule has 16 heavy (non-hydrogen) atoms. The van der Waals surface area contributed by atoms with Crippen LogP contribution in [0.3, 0.4) is 0 Å². The molecule has 0 radical (unpaired) electrons. The molecule has 3 nitrogen and oxygen atoms in total. The van der Waals surface area contributed by atoms with Gasteiger partial charge in [-0.1, -0.05) is 11.6 Å². The van der Waals surface area contributed by atoms with Gasteiger partial charge in [0.25, 0.3) is 0 Å². The Morgan fingerprint density at radius 2 is 1.94 bits per heavy atom. The monoisotopic (exact) mass is 241 g/mol. The third kappa shape index (κ3) is 2.43. The van der Waals surface area contributed by atoms with Gasteiger partial charge in [-0.05, 0) is 18.2 Å².